The molecule has 0 aromatic heterocycles. The highest BCUT2D eigenvalue weighted by atomic mass is 32.2. The Labute approximate surface area is 135 Å². The van der Waals surface area contributed by atoms with Crippen LogP contribution >= 0.6 is 0 Å². The first-order valence-electron chi connectivity index (χ1n) is 7.38. The molecule has 1 aliphatic rings. The highest BCUT2D eigenvalue weighted by molar-refractivity contribution is 7.89. The van der Waals surface area contributed by atoms with Gasteiger partial charge in [0.15, 0.2) is 0 Å². The molecule has 1 saturated heterocycles. The standard InChI is InChI=1S/C17H18FNO3S/c1-13-6-8-16(9-7-13)23(20,21)19-10-15(11-19)22-12-14-4-2-3-5-17(14)18/h2-9,15H,10-12H2,1H3. The fourth-order valence-electron chi connectivity index (χ4n) is 2.38. The van der Waals surface area contributed by atoms with Gasteiger partial charge in [-0.2, -0.15) is 4.31 Å². The Morgan fingerprint density at radius 3 is 2.43 bits per heavy atom. The molecule has 0 N–H and O–H groups in total. The molecule has 0 atom stereocenters. The number of rotatable bonds is 5. The van der Waals surface area contributed by atoms with Crippen molar-refractivity contribution in [2.45, 2.75) is 24.5 Å². The second kappa shape index (κ2) is 6.39. The number of nitrogens with zero attached hydrogens (tertiary/aromatic N) is 1. The first-order chi connectivity index (χ1) is 11.0. The topological polar surface area (TPSA) is 46.6 Å². The van der Waals surface area contributed by atoms with E-state index in [2.05, 4.69) is 0 Å². The van der Waals surface area contributed by atoms with Crippen LogP contribution in [-0.4, -0.2) is 31.9 Å². The highest BCUT2D eigenvalue weighted by Crippen LogP contribution is 2.24. The number of benzene rings is 2. The lowest BCUT2D eigenvalue weighted by Gasteiger charge is -2.37. The van der Waals surface area contributed by atoms with Gasteiger partial charge in [0.2, 0.25) is 10.0 Å². The largest absolute Gasteiger partial charge is 0.371 e. The molecule has 1 aliphatic heterocycles. The summed E-state index contributed by atoms with van der Waals surface area (Å²) >= 11 is 0. The minimum Gasteiger partial charge on any atom is -0.371 e. The van der Waals surface area contributed by atoms with E-state index in [9.17, 15) is 12.8 Å². The van der Waals surface area contributed by atoms with Gasteiger partial charge in [0.05, 0.1) is 17.6 Å². The van der Waals surface area contributed by atoms with Gasteiger partial charge in [0.1, 0.15) is 5.82 Å². The second-order valence-corrected chi connectivity index (χ2v) is 7.60. The van der Waals surface area contributed by atoms with Gasteiger partial charge < -0.3 is 4.74 Å². The third kappa shape index (κ3) is 3.44. The van der Waals surface area contributed by atoms with Crippen LogP contribution in [0.3, 0.4) is 0 Å². The van der Waals surface area contributed by atoms with Gasteiger partial charge in [-0.15, -0.1) is 0 Å². The first kappa shape index (κ1) is 16.1. The van der Waals surface area contributed by atoms with Gasteiger partial charge in [0, 0.05) is 18.7 Å². The zero-order valence-electron chi connectivity index (χ0n) is 12.8. The van der Waals surface area contributed by atoms with Gasteiger partial charge in [-0.1, -0.05) is 35.9 Å². The van der Waals surface area contributed by atoms with Gasteiger partial charge in [0.25, 0.3) is 0 Å². The van der Waals surface area contributed by atoms with E-state index in [1.54, 1.807) is 42.5 Å². The average Bonchev–Trinajstić information content (AvgIpc) is 2.47. The summed E-state index contributed by atoms with van der Waals surface area (Å²) in [5.41, 5.74) is 1.49. The van der Waals surface area contributed by atoms with Crippen molar-refractivity contribution in [1.82, 2.24) is 4.31 Å². The number of sulfonamides is 1. The predicted octanol–water partition coefficient (Wildman–Crippen LogP) is 2.72. The Kier molecular flexibility index (Phi) is 4.48. The van der Waals surface area contributed by atoms with Crippen molar-refractivity contribution in [3.05, 3.63) is 65.5 Å². The minimum atomic E-state index is -3.46. The zero-order chi connectivity index (χ0) is 16.4. The Morgan fingerprint density at radius 2 is 1.78 bits per heavy atom. The molecule has 3 rings (SSSR count). The molecule has 122 valence electrons. The van der Waals surface area contributed by atoms with Crippen molar-refractivity contribution in [2.24, 2.45) is 0 Å². The lowest BCUT2D eigenvalue weighted by atomic mass is 10.2. The fraction of sp³-hybridized carbons (Fsp3) is 0.294. The molecule has 1 heterocycles. The predicted molar refractivity (Wildman–Crippen MR) is 84.9 cm³/mol. The maximum Gasteiger partial charge on any atom is 0.243 e. The summed E-state index contributed by atoms with van der Waals surface area (Å²) < 4.78 is 45.3. The Balaban J connectivity index is 1.56. The van der Waals surface area contributed by atoms with E-state index in [1.807, 2.05) is 6.92 Å². The van der Waals surface area contributed by atoms with Crippen molar-refractivity contribution >= 4 is 10.0 Å². The Hall–Kier alpha value is -1.76. The maximum absolute atomic E-state index is 13.5. The summed E-state index contributed by atoms with van der Waals surface area (Å²) in [5, 5.41) is 0. The minimum absolute atomic E-state index is 0.149. The summed E-state index contributed by atoms with van der Waals surface area (Å²) in [4.78, 5) is 0.288. The molecule has 0 unspecified atom stereocenters. The molecule has 23 heavy (non-hydrogen) atoms. The van der Waals surface area contributed by atoms with Crippen LogP contribution in [0.1, 0.15) is 11.1 Å². The fourth-order valence-corrected chi connectivity index (χ4v) is 3.89. The lowest BCUT2D eigenvalue weighted by Crippen LogP contribution is -2.54. The molecular weight excluding hydrogens is 317 g/mol. The van der Waals surface area contributed by atoms with Gasteiger partial charge in [-0.25, -0.2) is 12.8 Å². The van der Waals surface area contributed by atoms with E-state index in [-0.39, 0.29) is 23.4 Å². The molecule has 0 radical (unpaired) electrons. The first-order valence-corrected chi connectivity index (χ1v) is 8.82. The molecule has 1 fully saturated rings. The third-order valence-corrected chi connectivity index (χ3v) is 5.75. The molecule has 0 saturated carbocycles. The number of ether oxygens (including phenoxy) is 1. The van der Waals surface area contributed by atoms with Crippen LogP contribution in [-0.2, 0) is 21.4 Å². The average molecular weight is 335 g/mol. The molecule has 0 amide bonds. The molecule has 6 heteroatoms. The normalized spacial score (nSPS) is 16.3. The van der Waals surface area contributed by atoms with Crippen LogP contribution in [0, 0.1) is 12.7 Å². The van der Waals surface area contributed by atoms with E-state index in [4.69, 9.17) is 4.74 Å². The van der Waals surface area contributed by atoms with E-state index in [0.717, 1.165) is 5.56 Å². The second-order valence-electron chi connectivity index (χ2n) is 5.66. The van der Waals surface area contributed by atoms with Crippen molar-refractivity contribution in [2.75, 3.05) is 13.1 Å². The summed E-state index contributed by atoms with van der Waals surface area (Å²) in [6.45, 7) is 2.65. The molecule has 0 bridgehead atoms. The Bertz CT molecular complexity index is 784. The smallest absolute Gasteiger partial charge is 0.243 e. The van der Waals surface area contributed by atoms with Crippen molar-refractivity contribution in [1.29, 1.82) is 0 Å². The van der Waals surface area contributed by atoms with Crippen LogP contribution in [0.25, 0.3) is 0 Å². The van der Waals surface area contributed by atoms with Gasteiger partial charge in [-0.3, -0.25) is 0 Å². The number of halogens is 1. The van der Waals surface area contributed by atoms with Gasteiger partial charge >= 0.3 is 0 Å². The number of aryl methyl sites for hydroxylation is 1. The molecule has 2 aromatic rings. The van der Waals surface area contributed by atoms with Crippen LogP contribution in [0.4, 0.5) is 4.39 Å². The maximum atomic E-state index is 13.5. The third-order valence-electron chi connectivity index (χ3n) is 3.91. The van der Waals surface area contributed by atoms with Gasteiger partial charge in [-0.05, 0) is 25.1 Å². The summed E-state index contributed by atoms with van der Waals surface area (Å²) in [5.74, 6) is -0.309. The Morgan fingerprint density at radius 1 is 1.13 bits per heavy atom. The summed E-state index contributed by atoms with van der Waals surface area (Å²) in [6, 6.07) is 13.2. The molecule has 4 nitrogen and oxygen atoms in total. The van der Waals surface area contributed by atoms with Crippen LogP contribution in [0.5, 0.6) is 0 Å². The van der Waals surface area contributed by atoms with E-state index < -0.39 is 10.0 Å². The monoisotopic (exact) mass is 335 g/mol. The van der Waals surface area contributed by atoms with Crippen molar-refractivity contribution < 1.29 is 17.5 Å². The van der Waals surface area contributed by atoms with E-state index >= 15 is 0 Å². The van der Waals surface area contributed by atoms with E-state index in [1.165, 1.54) is 10.4 Å². The molecular formula is C17H18FNO3S. The van der Waals surface area contributed by atoms with Crippen LogP contribution in [0.2, 0.25) is 0 Å². The highest BCUT2D eigenvalue weighted by Gasteiger charge is 2.37. The van der Waals surface area contributed by atoms with Crippen LogP contribution < -0.4 is 0 Å². The number of hydrogen-bond acceptors (Lipinski definition) is 3. The molecule has 2 aromatic carbocycles. The van der Waals surface area contributed by atoms with Crippen molar-refractivity contribution in [3.63, 3.8) is 0 Å². The molecule has 0 spiro atoms. The quantitative estimate of drug-likeness (QED) is 0.844. The number of hydrogen-bond donors (Lipinski definition) is 0. The van der Waals surface area contributed by atoms with Crippen LogP contribution in [0.15, 0.2) is 53.4 Å². The summed E-state index contributed by atoms with van der Waals surface area (Å²) in [6.07, 6.45) is -0.199. The summed E-state index contributed by atoms with van der Waals surface area (Å²) in [7, 11) is -3.46. The van der Waals surface area contributed by atoms with Crippen molar-refractivity contribution in [3.8, 4) is 0 Å². The molecule has 0 aliphatic carbocycles. The van der Waals surface area contributed by atoms with E-state index in [0.29, 0.717) is 18.7 Å². The SMILES string of the molecule is Cc1ccc(S(=O)(=O)N2CC(OCc3ccccc3F)C2)cc1. The zero-order valence-corrected chi connectivity index (χ0v) is 13.6. The lowest BCUT2D eigenvalue weighted by molar-refractivity contribution is -0.0304.